The maximum absolute atomic E-state index is 4.61. The zero-order valence-corrected chi connectivity index (χ0v) is 17.6. The van der Waals surface area contributed by atoms with Crippen LogP contribution in [-0.2, 0) is 0 Å². The van der Waals surface area contributed by atoms with Gasteiger partial charge in [0, 0.05) is 29.4 Å². The minimum atomic E-state index is 0.541. The van der Waals surface area contributed by atoms with E-state index in [1.54, 1.807) is 29.4 Å². The van der Waals surface area contributed by atoms with Gasteiger partial charge < -0.3 is 4.90 Å². The van der Waals surface area contributed by atoms with Gasteiger partial charge in [0.05, 0.1) is 0 Å². The van der Waals surface area contributed by atoms with Crippen LogP contribution < -0.4 is 4.90 Å². The van der Waals surface area contributed by atoms with Crippen molar-refractivity contribution in [3.63, 3.8) is 0 Å². The summed E-state index contributed by atoms with van der Waals surface area (Å²) in [6.07, 6.45) is 6.59. The first-order valence-corrected chi connectivity index (χ1v) is 11.3. The first-order valence-electron chi connectivity index (χ1n) is 9.70. The van der Waals surface area contributed by atoms with Crippen LogP contribution in [-0.4, -0.2) is 37.8 Å². The molecule has 0 atom stereocenters. The van der Waals surface area contributed by atoms with Crippen LogP contribution in [0.1, 0.15) is 49.1 Å². The summed E-state index contributed by atoms with van der Waals surface area (Å²) in [5.74, 6) is 1.86. The van der Waals surface area contributed by atoms with Crippen LogP contribution in [0, 0.1) is 19.8 Å². The molecule has 0 N–H and O–H groups in total. The molecule has 0 amide bonds. The van der Waals surface area contributed by atoms with Crippen molar-refractivity contribution in [1.29, 1.82) is 0 Å². The zero-order valence-electron chi connectivity index (χ0n) is 16.0. The third-order valence-corrected chi connectivity index (χ3v) is 7.82. The molecule has 4 heterocycles. The van der Waals surface area contributed by atoms with Crippen molar-refractivity contribution in [2.45, 2.75) is 62.7 Å². The zero-order chi connectivity index (χ0) is 18.5. The normalized spacial score (nSPS) is 18.6. The highest BCUT2D eigenvalue weighted by Gasteiger charge is 2.33. The predicted molar refractivity (Wildman–Crippen MR) is 110 cm³/mol. The molecule has 5 rings (SSSR count). The second-order valence-corrected chi connectivity index (χ2v) is 9.96. The molecule has 0 radical (unpaired) electrons. The fraction of sp³-hybridized carbons (Fsp3) is 0.579. The van der Waals surface area contributed by atoms with Gasteiger partial charge in [0.25, 0.3) is 0 Å². The van der Waals surface area contributed by atoms with Gasteiger partial charge in [-0.3, -0.25) is 4.57 Å². The maximum atomic E-state index is 4.61. The molecule has 1 aliphatic carbocycles. The molecule has 1 aliphatic heterocycles. The summed E-state index contributed by atoms with van der Waals surface area (Å²) in [6, 6.07) is 0.541. The Bertz CT molecular complexity index is 982. The number of thiophene rings is 1. The Labute approximate surface area is 167 Å². The molecule has 3 aromatic rings. The van der Waals surface area contributed by atoms with Gasteiger partial charge in [-0.1, -0.05) is 6.92 Å². The van der Waals surface area contributed by atoms with E-state index in [1.807, 2.05) is 0 Å². The molecule has 142 valence electrons. The van der Waals surface area contributed by atoms with Crippen molar-refractivity contribution in [2.24, 2.45) is 5.92 Å². The number of aromatic nitrogens is 5. The van der Waals surface area contributed by atoms with E-state index < -0.39 is 0 Å². The van der Waals surface area contributed by atoms with Crippen LogP contribution in [0.25, 0.3) is 10.2 Å². The van der Waals surface area contributed by atoms with E-state index in [-0.39, 0.29) is 0 Å². The van der Waals surface area contributed by atoms with E-state index >= 15 is 0 Å². The smallest absolute Gasteiger partial charge is 0.228 e. The molecule has 1 saturated heterocycles. The number of aryl methyl sites for hydroxylation is 2. The Morgan fingerprint density at radius 3 is 2.59 bits per heavy atom. The van der Waals surface area contributed by atoms with E-state index in [0.717, 1.165) is 40.0 Å². The van der Waals surface area contributed by atoms with Gasteiger partial charge in [-0.15, -0.1) is 21.5 Å². The molecule has 6 nitrogen and oxygen atoms in total. The topological polar surface area (TPSA) is 59.7 Å². The fourth-order valence-electron chi connectivity index (χ4n) is 3.73. The Morgan fingerprint density at radius 1 is 1.07 bits per heavy atom. The third kappa shape index (κ3) is 3.12. The molecule has 0 unspecified atom stereocenters. The number of hydrogen-bond acceptors (Lipinski definition) is 7. The van der Waals surface area contributed by atoms with Crippen molar-refractivity contribution < 1.29 is 0 Å². The number of anilines is 1. The second kappa shape index (κ2) is 6.74. The lowest BCUT2D eigenvalue weighted by Gasteiger charge is -2.31. The molecule has 27 heavy (non-hydrogen) atoms. The summed E-state index contributed by atoms with van der Waals surface area (Å²) in [4.78, 5) is 13.8. The Balaban J connectivity index is 1.51. The summed E-state index contributed by atoms with van der Waals surface area (Å²) in [5, 5.41) is 12.3. The Morgan fingerprint density at radius 2 is 1.85 bits per heavy atom. The van der Waals surface area contributed by atoms with Gasteiger partial charge in [-0.2, -0.15) is 0 Å². The summed E-state index contributed by atoms with van der Waals surface area (Å²) in [7, 11) is 0. The number of nitrogens with zero attached hydrogens (tertiary/aromatic N) is 6. The molecule has 3 aromatic heterocycles. The molecule has 8 heteroatoms. The van der Waals surface area contributed by atoms with Crippen molar-refractivity contribution in [2.75, 3.05) is 18.0 Å². The summed E-state index contributed by atoms with van der Waals surface area (Å²) >= 11 is 3.38. The second-order valence-electron chi connectivity index (χ2n) is 7.80. The van der Waals surface area contributed by atoms with Crippen LogP contribution in [0.2, 0.25) is 0 Å². The maximum Gasteiger partial charge on any atom is 0.228 e. The van der Waals surface area contributed by atoms with E-state index in [0.29, 0.717) is 6.04 Å². The van der Waals surface area contributed by atoms with Crippen LogP contribution in [0.4, 0.5) is 5.95 Å². The monoisotopic (exact) mass is 400 g/mol. The highest BCUT2D eigenvalue weighted by molar-refractivity contribution is 7.99. The lowest BCUT2D eigenvalue weighted by Crippen LogP contribution is -2.34. The Kier molecular flexibility index (Phi) is 4.35. The van der Waals surface area contributed by atoms with E-state index in [4.69, 9.17) is 0 Å². The minimum Gasteiger partial charge on any atom is -0.341 e. The number of fused-ring (bicyclic) bond motifs is 1. The molecule has 1 saturated carbocycles. The van der Waals surface area contributed by atoms with E-state index in [9.17, 15) is 0 Å². The predicted octanol–water partition coefficient (Wildman–Crippen LogP) is 4.62. The van der Waals surface area contributed by atoms with Crippen LogP contribution in [0.5, 0.6) is 0 Å². The van der Waals surface area contributed by atoms with E-state index in [1.165, 1.54) is 41.5 Å². The van der Waals surface area contributed by atoms with Gasteiger partial charge in [-0.05, 0) is 62.8 Å². The first-order chi connectivity index (χ1) is 13.1. The van der Waals surface area contributed by atoms with Crippen molar-refractivity contribution in [1.82, 2.24) is 24.7 Å². The average molecular weight is 401 g/mol. The molecule has 2 aliphatic rings. The quantitative estimate of drug-likeness (QED) is 0.596. The van der Waals surface area contributed by atoms with Crippen LogP contribution in [0.15, 0.2) is 16.5 Å². The van der Waals surface area contributed by atoms with Crippen LogP contribution >= 0.6 is 23.1 Å². The number of hydrogen-bond donors (Lipinski definition) is 0. The molecule has 0 bridgehead atoms. The lowest BCUT2D eigenvalue weighted by atomic mass is 10.00. The van der Waals surface area contributed by atoms with Crippen molar-refractivity contribution in [3.8, 4) is 0 Å². The SMILES string of the molecule is Cc1sc2ncnc(Sc3nnc(N4CCC(C)CC4)n3C3CC3)c2c1C. The number of piperidine rings is 1. The highest BCUT2D eigenvalue weighted by Crippen LogP contribution is 2.44. The average Bonchev–Trinajstić information content (AvgIpc) is 3.35. The van der Waals surface area contributed by atoms with E-state index in [2.05, 4.69) is 50.4 Å². The van der Waals surface area contributed by atoms with Gasteiger partial charge in [-0.25, -0.2) is 9.97 Å². The van der Waals surface area contributed by atoms with Gasteiger partial charge in [0.15, 0.2) is 5.16 Å². The number of rotatable bonds is 4. The molecule has 0 aromatic carbocycles. The molecular weight excluding hydrogens is 376 g/mol. The molecule has 0 spiro atoms. The van der Waals surface area contributed by atoms with Gasteiger partial charge in [0.2, 0.25) is 5.95 Å². The van der Waals surface area contributed by atoms with Gasteiger partial charge >= 0.3 is 0 Å². The summed E-state index contributed by atoms with van der Waals surface area (Å²) < 4.78 is 2.36. The minimum absolute atomic E-state index is 0.541. The lowest BCUT2D eigenvalue weighted by molar-refractivity contribution is 0.429. The van der Waals surface area contributed by atoms with Crippen molar-refractivity contribution >= 4 is 39.3 Å². The van der Waals surface area contributed by atoms with Crippen LogP contribution in [0.3, 0.4) is 0 Å². The first kappa shape index (κ1) is 17.4. The fourth-order valence-corrected chi connectivity index (χ4v) is 5.83. The molecular formula is C19H24N6S2. The molecule has 2 fully saturated rings. The standard InChI is InChI=1S/C19H24N6S2/c1-11-6-8-24(9-7-11)18-22-23-19(25(18)14-4-5-14)27-17-15-12(2)13(3)26-16(15)20-10-21-17/h10-11,14H,4-9H2,1-3H3. The highest BCUT2D eigenvalue weighted by atomic mass is 32.2. The largest absolute Gasteiger partial charge is 0.341 e. The summed E-state index contributed by atoms with van der Waals surface area (Å²) in [5.41, 5.74) is 1.28. The van der Waals surface area contributed by atoms with Gasteiger partial charge in [0.1, 0.15) is 16.2 Å². The third-order valence-electron chi connectivity index (χ3n) is 5.74. The summed E-state index contributed by atoms with van der Waals surface area (Å²) in [6.45, 7) is 8.82. The Hall–Kier alpha value is -1.67. The van der Waals surface area contributed by atoms with Crippen molar-refractivity contribution in [3.05, 3.63) is 16.8 Å².